The molecule has 0 spiro atoms. The largest absolute Gasteiger partial charge is 0.493 e. The van der Waals surface area contributed by atoms with Crippen LogP contribution in [0.2, 0.25) is 0 Å². The van der Waals surface area contributed by atoms with E-state index in [1.54, 1.807) is 28.8 Å². The number of carbonyl (C=O) groups excluding carboxylic acids is 1. The van der Waals surface area contributed by atoms with Gasteiger partial charge in [0, 0.05) is 24.1 Å². The van der Waals surface area contributed by atoms with Crippen molar-refractivity contribution in [1.29, 1.82) is 0 Å². The first-order valence-corrected chi connectivity index (χ1v) is 9.56. The Balaban J connectivity index is 1.90. The fourth-order valence-electron chi connectivity index (χ4n) is 2.50. The van der Waals surface area contributed by atoms with Gasteiger partial charge in [0.15, 0.2) is 6.61 Å². The minimum atomic E-state index is -0.888. The maximum absolute atomic E-state index is 12.4. The van der Waals surface area contributed by atoms with Crippen LogP contribution in [0, 0.1) is 5.92 Å². The molecule has 138 valence electrons. The number of benzene rings is 1. The van der Waals surface area contributed by atoms with E-state index in [9.17, 15) is 9.59 Å². The third-order valence-electron chi connectivity index (χ3n) is 3.71. The average molecular weight is 367 g/mol. The van der Waals surface area contributed by atoms with Gasteiger partial charge in [0.05, 0.1) is 19.1 Å². The summed E-state index contributed by atoms with van der Waals surface area (Å²) < 4.78 is 11.2. The van der Waals surface area contributed by atoms with Crippen LogP contribution in [0.15, 0.2) is 24.3 Å². The predicted molar refractivity (Wildman–Crippen MR) is 97.3 cm³/mol. The van der Waals surface area contributed by atoms with Crippen LogP contribution in [0.5, 0.6) is 11.5 Å². The van der Waals surface area contributed by atoms with Crippen LogP contribution in [-0.4, -0.2) is 59.2 Å². The highest BCUT2D eigenvalue weighted by Crippen LogP contribution is 2.22. The number of hydrogen-bond donors (Lipinski definition) is 1. The number of nitrogens with zero attached hydrogens (tertiary/aromatic N) is 1. The number of aliphatic carboxylic acids is 1. The molecule has 1 heterocycles. The van der Waals surface area contributed by atoms with Crippen LogP contribution in [0.1, 0.15) is 20.3 Å². The Bertz CT molecular complexity index is 593. The molecule has 1 aliphatic rings. The maximum atomic E-state index is 12.4. The number of amides is 1. The molecule has 7 heteroatoms. The van der Waals surface area contributed by atoms with E-state index < -0.39 is 5.97 Å². The molecule has 0 aromatic heterocycles. The zero-order valence-electron chi connectivity index (χ0n) is 14.6. The average Bonchev–Trinajstić information content (AvgIpc) is 2.58. The highest BCUT2D eigenvalue weighted by Gasteiger charge is 2.28. The summed E-state index contributed by atoms with van der Waals surface area (Å²) in [6, 6.07) is 6.93. The molecule has 1 amide bonds. The minimum Gasteiger partial charge on any atom is -0.493 e. The molecule has 2 rings (SSSR count). The van der Waals surface area contributed by atoms with Crippen molar-refractivity contribution in [1.82, 2.24) is 4.90 Å². The number of hydrogen-bond acceptors (Lipinski definition) is 5. The van der Waals surface area contributed by atoms with Crippen molar-refractivity contribution in [3.05, 3.63) is 24.3 Å². The Morgan fingerprint density at radius 3 is 2.72 bits per heavy atom. The molecule has 1 fully saturated rings. The van der Waals surface area contributed by atoms with Crippen LogP contribution in [-0.2, 0) is 9.59 Å². The summed E-state index contributed by atoms with van der Waals surface area (Å²) in [5.74, 6) is 2.10. The quantitative estimate of drug-likeness (QED) is 0.761. The van der Waals surface area contributed by atoms with Crippen LogP contribution in [0.25, 0.3) is 0 Å². The van der Waals surface area contributed by atoms with Crippen molar-refractivity contribution < 1.29 is 24.2 Å². The monoisotopic (exact) mass is 367 g/mol. The molecule has 0 saturated carbocycles. The second-order valence-corrected chi connectivity index (χ2v) is 7.53. The minimum absolute atomic E-state index is 0.0305. The lowest BCUT2D eigenvalue weighted by Crippen LogP contribution is -2.48. The standard InChI is InChI=1S/C18H25NO5S/c1-13(2)10-23-15-4-3-5-16(9-15)24-11-17(20)19-6-7-25-12-14(19)8-18(21)22/h3-5,9,13-14H,6-8,10-12H2,1-2H3,(H,21,22). The molecule has 0 aliphatic carbocycles. The second-order valence-electron chi connectivity index (χ2n) is 6.38. The number of rotatable bonds is 8. The van der Waals surface area contributed by atoms with Crippen molar-refractivity contribution in [2.75, 3.05) is 31.3 Å². The van der Waals surface area contributed by atoms with Crippen LogP contribution >= 0.6 is 11.8 Å². The topological polar surface area (TPSA) is 76.1 Å². The van der Waals surface area contributed by atoms with Crippen molar-refractivity contribution in [3.8, 4) is 11.5 Å². The summed E-state index contributed by atoms with van der Waals surface area (Å²) in [5, 5.41) is 9.00. The Kier molecular flexibility index (Phi) is 7.43. The molecule has 1 N–H and O–H groups in total. The summed E-state index contributed by atoms with van der Waals surface area (Å²) in [4.78, 5) is 25.0. The Morgan fingerprint density at radius 1 is 1.32 bits per heavy atom. The van der Waals surface area contributed by atoms with Gasteiger partial charge >= 0.3 is 5.97 Å². The molecular formula is C18H25NO5S. The van der Waals surface area contributed by atoms with Crippen molar-refractivity contribution >= 4 is 23.6 Å². The normalized spacial score (nSPS) is 17.4. The van der Waals surface area contributed by atoms with Crippen molar-refractivity contribution in [3.63, 3.8) is 0 Å². The van der Waals surface area contributed by atoms with Gasteiger partial charge in [-0.2, -0.15) is 11.8 Å². The van der Waals surface area contributed by atoms with Crippen LogP contribution in [0.3, 0.4) is 0 Å². The number of thioether (sulfide) groups is 1. The van der Waals surface area contributed by atoms with Gasteiger partial charge in [-0.3, -0.25) is 9.59 Å². The zero-order valence-corrected chi connectivity index (χ0v) is 15.5. The van der Waals surface area contributed by atoms with Crippen molar-refractivity contribution in [2.45, 2.75) is 26.3 Å². The highest BCUT2D eigenvalue weighted by molar-refractivity contribution is 7.99. The van der Waals surface area contributed by atoms with Gasteiger partial charge in [0.2, 0.25) is 0 Å². The van der Waals surface area contributed by atoms with Gasteiger partial charge in [-0.1, -0.05) is 19.9 Å². The fourth-order valence-corrected chi connectivity index (χ4v) is 3.56. The molecule has 1 saturated heterocycles. The van der Waals surface area contributed by atoms with E-state index in [1.165, 1.54) is 0 Å². The van der Waals surface area contributed by atoms with E-state index in [0.717, 1.165) is 5.75 Å². The third-order valence-corrected chi connectivity index (χ3v) is 4.80. The molecule has 1 aromatic carbocycles. The first-order valence-electron chi connectivity index (χ1n) is 8.40. The predicted octanol–water partition coefficient (Wildman–Crippen LogP) is 2.52. The summed E-state index contributed by atoms with van der Waals surface area (Å²) in [5.41, 5.74) is 0. The molecule has 1 atom stereocenters. The zero-order chi connectivity index (χ0) is 18.2. The molecule has 0 bridgehead atoms. The van der Waals surface area contributed by atoms with E-state index >= 15 is 0 Å². The van der Waals surface area contributed by atoms with E-state index in [4.69, 9.17) is 14.6 Å². The highest BCUT2D eigenvalue weighted by atomic mass is 32.2. The second kappa shape index (κ2) is 9.56. The van der Waals surface area contributed by atoms with Gasteiger partial charge < -0.3 is 19.5 Å². The van der Waals surface area contributed by atoms with Gasteiger partial charge in [0.1, 0.15) is 11.5 Å². The third kappa shape index (κ3) is 6.49. The number of carbonyl (C=O) groups is 2. The van der Waals surface area contributed by atoms with E-state index in [-0.39, 0.29) is 25.0 Å². The van der Waals surface area contributed by atoms with E-state index in [1.807, 2.05) is 12.1 Å². The lowest BCUT2D eigenvalue weighted by Gasteiger charge is -2.34. The molecular weight excluding hydrogens is 342 g/mol. The molecule has 1 unspecified atom stereocenters. The lowest BCUT2D eigenvalue weighted by atomic mass is 10.2. The summed E-state index contributed by atoms with van der Waals surface area (Å²) in [6.07, 6.45) is -0.0305. The lowest BCUT2D eigenvalue weighted by molar-refractivity contribution is -0.141. The van der Waals surface area contributed by atoms with Gasteiger partial charge in [-0.15, -0.1) is 0 Å². The summed E-state index contributed by atoms with van der Waals surface area (Å²) in [6.45, 7) is 5.22. The Labute approximate surface area is 152 Å². The molecule has 6 nitrogen and oxygen atoms in total. The first-order chi connectivity index (χ1) is 12.0. The van der Waals surface area contributed by atoms with Crippen molar-refractivity contribution in [2.24, 2.45) is 5.92 Å². The Morgan fingerprint density at radius 2 is 2.04 bits per heavy atom. The number of ether oxygens (including phenoxy) is 2. The molecule has 0 radical (unpaired) electrons. The van der Waals surface area contributed by atoms with Crippen LogP contribution in [0.4, 0.5) is 0 Å². The first kappa shape index (κ1) is 19.4. The van der Waals surface area contributed by atoms with Gasteiger partial charge in [0.25, 0.3) is 5.91 Å². The Hall–Kier alpha value is -1.89. The number of carboxylic acid groups (broad SMARTS) is 1. The molecule has 1 aliphatic heterocycles. The SMILES string of the molecule is CC(C)COc1cccc(OCC(=O)N2CCSCC2CC(=O)O)c1. The fraction of sp³-hybridized carbons (Fsp3) is 0.556. The summed E-state index contributed by atoms with van der Waals surface area (Å²) >= 11 is 1.68. The van der Waals surface area contributed by atoms with Crippen LogP contribution < -0.4 is 9.47 Å². The molecule has 1 aromatic rings. The maximum Gasteiger partial charge on any atom is 0.305 e. The number of carboxylic acids is 1. The smallest absolute Gasteiger partial charge is 0.305 e. The van der Waals surface area contributed by atoms with Gasteiger partial charge in [-0.25, -0.2) is 0 Å². The molecule has 25 heavy (non-hydrogen) atoms. The summed E-state index contributed by atoms with van der Waals surface area (Å²) in [7, 11) is 0. The van der Waals surface area contributed by atoms with E-state index in [2.05, 4.69) is 13.8 Å². The van der Waals surface area contributed by atoms with E-state index in [0.29, 0.717) is 36.3 Å². The van der Waals surface area contributed by atoms with Gasteiger partial charge in [-0.05, 0) is 18.1 Å².